The number of carboxylic acid groups (broad SMARTS) is 1. The number of primary amides is 1. The first-order chi connectivity index (χ1) is 8.45. The monoisotopic (exact) mass is 257 g/mol. The summed E-state index contributed by atoms with van der Waals surface area (Å²) < 4.78 is 0. The maximum absolute atomic E-state index is 11.4. The van der Waals surface area contributed by atoms with E-state index in [1.807, 2.05) is 0 Å². The van der Waals surface area contributed by atoms with Gasteiger partial charge in [-0.3, -0.25) is 9.59 Å². The lowest BCUT2D eigenvalue weighted by molar-refractivity contribution is -0.147. The highest BCUT2D eigenvalue weighted by molar-refractivity contribution is 5.80. The molecule has 104 valence electrons. The molecule has 1 amide bonds. The summed E-state index contributed by atoms with van der Waals surface area (Å²) in [6, 6.07) is -0.378. The number of carbonyl (C=O) groups excluding carboxylic acids is 1. The number of likely N-dealkylation sites (N-methyl/N-ethyl adjacent to an activating group) is 2. The smallest absolute Gasteiger partial charge is 0.323 e. The fraction of sp³-hybridized carbons (Fsp3) is 0.833. The highest BCUT2D eigenvalue weighted by Gasteiger charge is 2.42. The summed E-state index contributed by atoms with van der Waals surface area (Å²) in [5.74, 6) is -0.990. The number of nitrogens with two attached hydrogens (primary N) is 1. The van der Waals surface area contributed by atoms with Crippen LogP contribution in [0.15, 0.2) is 0 Å². The summed E-state index contributed by atoms with van der Waals surface area (Å²) in [5, 5.41) is 15.1. The van der Waals surface area contributed by atoms with Crippen molar-refractivity contribution in [2.75, 3.05) is 14.1 Å². The average molecular weight is 257 g/mol. The number of amides is 1. The predicted molar refractivity (Wildman–Crippen MR) is 68.0 cm³/mol. The highest BCUT2D eigenvalue weighted by Crippen LogP contribution is 2.35. The van der Waals surface area contributed by atoms with Crippen LogP contribution in [0.3, 0.4) is 0 Å². The molecule has 5 N–H and O–H groups in total. The molecule has 1 aliphatic carbocycles. The van der Waals surface area contributed by atoms with Gasteiger partial charge >= 0.3 is 5.97 Å². The Kier molecular flexibility index (Phi) is 5.10. The first kappa shape index (κ1) is 14.9. The van der Waals surface area contributed by atoms with E-state index in [0.717, 1.165) is 12.8 Å². The summed E-state index contributed by atoms with van der Waals surface area (Å²) in [6.45, 7) is 0. The van der Waals surface area contributed by atoms with Crippen LogP contribution in [0.2, 0.25) is 0 Å². The van der Waals surface area contributed by atoms with Gasteiger partial charge in [0.05, 0.1) is 6.04 Å². The number of hydrogen-bond donors (Lipinski definition) is 4. The first-order valence-corrected chi connectivity index (χ1v) is 6.34. The zero-order valence-corrected chi connectivity index (χ0v) is 11.0. The van der Waals surface area contributed by atoms with Gasteiger partial charge in [0.2, 0.25) is 5.91 Å². The van der Waals surface area contributed by atoms with E-state index in [-0.39, 0.29) is 17.9 Å². The van der Waals surface area contributed by atoms with Crippen molar-refractivity contribution < 1.29 is 14.7 Å². The van der Waals surface area contributed by atoms with Crippen LogP contribution >= 0.6 is 0 Å². The number of nitrogens with one attached hydrogen (secondary N) is 2. The largest absolute Gasteiger partial charge is 0.480 e. The minimum atomic E-state index is -0.848. The Labute approximate surface area is 107 Å². The first-order valence-electron chi connectivity index (χ1n) is 6.34. The van der Waals surface area contributed by atoms with Gasteiger partial charge in [0.15, 0.2) is 0 Å². The van der Waals surface area contributed by atoms with E-state index in [2.05, 4.69) is 10.6 Å². The van der Waals surface area contributed by atoms with Gasteiger partial charge in [0, 0.05) is 0 Å². The van der Waals surface area contributed by atoms with Crippen molar-refractivity contribution in [3.8, 4) is 0 Å². The molecule has 1 aliphatic rings. The molecule has 0 radical (unpaired) electrons. The molecular formula is C12H23N3O3. The van der Waals surface area contributed by atoms with E-state index < -0.39 is 11.5 Å². The summed E-state index contributed by atoms with van der Waals surface area (Å²) in [4.78, 5) is 22.6. The van der Waals surface area contributed by atoms with Gasteiger partial charge in [-0.25, -0.2) is 0 Å². The quantitative estimate of drug-likeness (QED) is 0.522. The van der Waals surface area contributed by atoms with Crippen LogP contribution in [0.25, 0.3) is 0 Å². The topological polar surface area (TPSA) is 104 Å². The lowest BCUT2D eigenvalue weighted by Gasteiger charge is -2.38. The molecule has 18 heavy (non-hydrogen) atoms. The second-order valence-corrected chi connectivity index (χ2v) is 5.08. The summed E-state index contributed by atoms with van der Waals surface area (Å²) in [5.41, 5.74) is 4.44. The molecule has 3 unspecified atom stereocenters. The van der Waals surface area contributed by atoms with Crippen molar-refractivity contribution in [1.29, 1.82) is 0 Å². The van der Waals surface area contributed by atoms with Crippen LogP contribution in [0.5, 0.6) is 0 Å². The molecule has 0 aromatic rings. The molecule has 3 atom stereocenters. The third-order valence-corrected chi connectivity index (χ3v) is 4.00. The molecule has 1 fully saturated rings. The second kappa shape index (κ2) is 6.15. The molecular weight excluding hydrogens is 234 g/mol. The number of aliphatic carboxylic acids is 1. The molecule has 0 bridgehead atoms. The van der Waals surface area contributed by atoms with E-state index >= 15 is 0 Å². The van der Waals surface area contributed by atoms with Gasteiger partial charge < -0.3 is 21.5 Å². The van der Waals surface area contributed by atoms with Crippen LogP contribution in [-0.4, -0.2) is 42.7 Å². The lowest BCUT2D eigenvalue weighted by atomic mass is 9.73. The van der Waals surface area contributed by atoms with Gasteiger partial charge in [0.1, 0.15) is 5.54 Å². The Bertz CT molecular complexity index is 322. The Morgan fingerprint density at radius 3 is 2.61 bits per heavy atom. The van der Waals surface area contributed by atoms with Gasteiger partial charge in [-0.2, -0.15) is 0 Å². The van der Waals surface area contributed by atoms with E-state index in [1.54, 1.807) is 14.1 Å². The molecule has 0 aromatic heterocycles. The molecule has 0 heterocycles. The number of carbonyl (C=O) groups is 2. The Morgan fingerprint density at radius 2 is 2.17 bits per heavy atom. The third kappa shape index (κ3) is 3.20. The summed E-state index contributed by atoms with van der Waals surface area (Å²) in [7, 11) is 3.38. The summed E-state index contributed by atoms with van der Waals surface area (Å²) in [6.07, 6.45) is 3.58. The second-order valence-electron chi connectivity index (χ2n) is 5.08. The van der Waals surface area contributed by atoms with Crippen LogP contribution in [0.4, 0.5) is 0 Å². The van der Waals surface area contributed by atoms with E-state index in [0.29, 0.717) is 19.3 Å². The van der Waals surface area contributed by atoms with Gasteiger partial charge in [0.25, 0.3) is 0 Å². The SMILES string of the molecule is CNC(CC1CCCC(NC)(C(=O)O)C1)C(N)=O. The standard InChI is InChI=1S/C12H23N3O3/c1-14-9(10(13)16)6-8-4-3-5-12(7-8,15-2)11(17)18/h8-9,14-15H,3-7H2,1-2H3,(H2,13,16)(H,17,18). The Hall–Kier alpha value is -1.14. The molecule has 1 rings (SSSR count). The Balaban J connectivity index is 2.68. The maximum atomic E-state index is 11.4. The van der Waals surface area contributed by atoms with E-state index in [9.17, 15) is 14.7 Å². The normalized spacial score (nSPS) is 29.8. The van der Waals surface area contributed by atoms with Gasteiger partial charge in [-0.15, -0.1) is 0 Å². The minimum Gasteiger partial charge on any atom is -0.480 e. The van der Waals surface area contributed by atoms with Crippen LogP contribution < -0.4 is 16.4 Å². The zero-order chi connectivity index (χ0) is 13.8. The average Bonchev–Trinajstić information content (AvgIpc) is 2.35. The van der Waals surface area contributed by atoms with Crippen LogP contribution in [-0.2, 0) is 9.59 Å². The fourth-order valence-electron chi connectivity index (χ4n) is 2.83. The van der Waals surface area contributed by atoms with E-state index in [1.165, 1.54) is 0 Å². The van der Waals surface area contributed by atoms with Crippen LogP contribution in [0.1, 0.15) is 32.1 Å². The van der Waals surface area contributed by atoms with Crippen molar-refractivity contribution in [2.45, 2.75) is 43.7 Å². The van der Waals surface area contributed by atoms with Gasteiger partial charge in [-0.05, 0) is 39.3 Å². The molecule has 0 aromatic carbocycles. The molecule has 0 spiro atoms. The zero-order valence-electron chi connectivity index (χ0n) is 11.0. The maximum Gasteiger partial charge on any atom is 0.323 e. The lowest BCUT2D eigenvalue weighted by Crippen LogP contribution is -2.54. The number of carboxylic acids is 1. The molecule has 6 heteroatoms. The predicted octanol–water partition coefficient (Wildman–Crippen LogP) is -0.317. The molecule has 6 nitrogen and oxygen atoms in total. The van der Waals surface area contributed by atoms with Crippen molar-refractivity contribution in [1.82, 2.24) is 10.6 Å². The van der Waals surface area contributed by atoms with E-state index in [4.69, 9.17) is 5.73 Å². The number of hydrogen-bond acceptors (Lipinski definition) is 4. The van der Waals surface area contributed by atoms with Crippen LogP contribution in [0, 0.1) is 5.92 Å². The molecule has 1 saturated carbocycles. The number of rotatable bonds is 6. The highest BCUT2D eigenvalue weighted by atomic mass is 16.4. The van der Waals surface area contributed by atoms with Crippen molar-refractivity contribution in [3.63, 3.8) is 0 Å². The van der Waals surface area contributed by atoms with Crippen molar-refractivity contribution >= 4 is 11.9 Å². The molecule has 0 aliphatic heterocycles. The fourth-order valence-corrected chi connectivity index (χ4v) is 2.83. The third-order valence-electron chi connectivity index (χ3n) is 4.00. The Morgan fingerprint density at radius 1 is 1.50 bits per heavy atom. The molecule has 0 saturated heterocycles. The van der Waals surface area contributed by atoms with Crippen molar-refractivity contribution in [3.05, 3.63) is 0 Å². The minimum absolute atomic E-state index is 0.201. The summed E-state index contributed by atoms with van der Waals surface area (Å²) >= 11 is 0. The van der Waals surface area contributed by atoms with Crippen molar-refractivity contribution in [2.24, 2.45) is 11.7 Å². The van der Waals surface area contributed by atoms with Gasteiger partial charge in [-0.1, -0.05) is 12.8 Å².